The maximum Gasteiger partial charge on any atom is 0.440 e. The minimum atomic E-state index is -2.93. The molecule has 0 aromatic heterocycles. The zero-order chi connectivity index (χ0) is 82.5. The van der Waals surface area contributed by atoms with Crippen molar-refractivity contribution in [2.24, 2.45) is 32.5 Å². The number of nitrogens with zero attached hydrogens (tertiary/aromatic N) is 1. The minimum Gasteiger partial charge on any atom is -0.423 e. The third-order valence-corrected chi connectivity index (χ3v) is 25.4. The summed E-state index contributed by atoms with van der Waals surface area (Å²) in [6.45, 7) is 89.1. The smallest absolute Gasteiger partial charge is 0.423 e. The van der Waals surface area contributed by atoms with Gasteiger partial charge in [0, 0.05) is 53.0 Å². The van der Waals surface area contributed by atoms with Crippen molar-refractivity contribution in [2.75, 3.05) is 19.6 Å². The Balaban J connectivity index is 1.38. The Bertz CT molecular complexity index is 3920. The summed E-state index contributed by atoms with van der Waals surface area (Å²) < 4.78 is 93.8. The van der Waals surface area contributed by atoms with Gasteiger partial charge in [0.2, 0.25) is 0 Å². The second kappa shape index (κ2) is 30.0. The quantitative estimate of drug-likeness (QED) is 0.198. The van der Waals surface area contributed by atoms with E-state index in [1.807, 2.05) is 0 Å². The molecule has 0 amide bonds. The molecule has 3 aliphatic carbocycles. The first-order valence-electron chi connectivity index (χ1n) is 40.4. The van der Waals surface area contributed by atoms with Crippen LogP contribution in [0.4, 0.5) is 12.6 Å². The molecule has 3 aromatic carbocycles. The van der Waals surface area contributed by atoms with Crippen LogP contribution in [-0.4, -0.2) is 42.8 Å². The van der Waals surface area contributed by atoms with Gasteiger partial charge < -0.3 is 18.5 Å². The number of benzene rings is 3. The molecule has 109 heavy (non-hydrogen) atoms. The number of halogens is 3. The van der Waals surface area contributed by atoms with Crippen molar-refractivity contribution in [2.45, 2.75) is 340 Å². The largest absolute Gasteiger partial charge is 0.440 e. The zero-order valence-electron chi connectivity index (χ0n) is 75.0. The van der Waals surface area contributed by atoms with Gasteiger partial charge in [0.25, 0.3) is 0 Å². The van der Waals surface area contributed by atoms with Crippen LogP contribution < -0.4 is 13.6 Å². The average molecular weight is 1560 g/mol. The van der Waals surface area contributed by atoms with Crippen molar-refractivity contribution in [3.05, 3.63) is 172 Å². The van der Waals surface area contributed by atoms with Gasteiger partial charge in [0.1, 0.15) is 35.6 Å². The van der Waals surface area contributed by atoms with Gasteiger partial charge in [-0.25, -0.2) is 0 Å². The fourth-order valence-electron chi connectivity index (χ4n) is 16.7. The normalized spacial score (nSPS) is 24.2. The fraction of sp³-hybridized carbons (Fsp3) is 0.625. The molecule has 0 bridgehead atoms. The third kappa shape index (κ3) is 18.8. The summed E-state index contributed by atoms with van der Waals surface area (Å²) in [4.78, 5) is 2.67. The van der Waals surface area contributed by atoms with Gasteiger partial charge in [0.05, 0.1) is 0 Å². The van der Waals surface area contributed by atoms with Gasteiger partial charge in [0.15, 0.2) is 0 Å². The average Bonchev–Trinajstić information content (AvgIpc) is 0.739. The maximum absolute atomic E-state index is 17.7. The topological polar surface area (TPSA) is 58.6 Å². The van der Waals surface area contributed by atoms with E-state index >= 15 is 12.6 Å². The van der Waals surface area contributed by atoms with E-state index in [1.54, 1.807) is 0 Å². The molecule has 3 heterocycles. The molecule has 0 fully saturated rings. The molecule has 0 spiro atoms. The van der Waals surface area contributed by atoms with Crippen LogP contribution in [0.2, 0.25) is 0 Å². The van der Waals surface area contributed by atoms with E-state index in [2.05, 4.69) is 330 Å². The van der Waals surface area contributed by atoms with E-state index < -0.39 is 76.9 Å². The molecule has 7 nitrogen and oxygen atoms in total. The van der Waals surface area contributed by atoms with Gasteiger partial charge in [-0.15, -0.1) is 12.6 Å². The first-order valence-corrected chi connectivity index (χ1v) is 43.6. The second-order valence-corrected chi connectivity index (χ2v) is 47.2. The van der Waals surface area contributed by atoms with Crippen LogP contribution >= 0.6 is 26.1 Å². The molecule has 0 N–H and O–H groups in total. The second-order valence-electron chi connectivity index (χ2n) is 44.8. The van der Waals surface area contributed by atoms with Gasteiger partial charge in [-0.05, 0) is 223 Å². The molecule has 3 aliphatic heterocycles. The summed E-state index contributed by atoms with van der Waals surface area (Å²) in [5.74, 6) is 1.63. The van der Waals surface area contributed by atoms with Crippen molar-refractivity contribution in [3.63, 3.8) is 0 Å². The van der Waals surface area contributed by atoms with Crippen molar-refractivity contribution >= 4 is 42.8 Å². The molecule has 13 heteroatoms. The number of allylic oxidation sites excluding steroid dienone is 9. The van der Waals surface area contributed by atoms with E-state index in [4.69, 9.17) is 27.1 Å². The Labute approximate surface area is 664 Å². The molecule has 9 rings (SSSR count). The van der Waals surface area contributed by atoms with Crippen molar-refractivity contribution < 1.29 is 39.7 Å². The highest BCUT2D eigenvalue weighted by molar-refractivity contribution is 7.42. The van der Waals surface area contributed by atoms with Crippen LogP contribution in [0, 0.1) is 32.5 Å². The van der Waals surface area contributed by atoms with Gasteiger partial charge in [-0.1, -0.05) is 286 Å². The Morgan fingerprint density at radius 3 is 0.679 bits per heavy atom. The van der Waals surface area contributed by atoms with E-state index in [1.165, 1.54) is 16.7 Å². The molecule has 6 atom stereocenters. The van der Waals surface area contributed by atoms with Crippen LogP contribution in [0.1, 0.15) is 339 Å². The Hall–Kier alpha value is -4.36. The fourth-order valence-corrected chi connectivity index (χ4v) is 19.0. The Kier molecular flexibility index (Phi) is 24.4. The summed E-state index contributed by atoms with van der Waals surface area (Å²) >= 11 is 0. The predicted octanol–water partition coefficient (Wildman–Crippen LogP) is 30.6. The number of hydrogen-bond donors (Lipinski definition) is 0. The molecular formula is C96H141F3NO6P3. The van der Waals surface area contributed by atoms with Gasteiger partial charge >= 0.3 is 26.1 Å². The van der Waals surface area contributed by atoms with Crippen LogP contribution in [0.5, 0.6) is 17.2 Å². The lowest BCUT2D eigenvalue weighted by Crippen LogP contribution is -2.36. The Morgan fingerprint density at radius 2 is 0.505 bits per heavy atom. The molecule has 0 saturated carbocycles. The van der Waals surface area contributed by atoms with Crippen molar-refractivity contribution in [3.8, 4) is 17.2 Å². The SMILES string of the molecule is C/C1=C2\C(CCN(CCC3=C(C(C)(C)C)C=C(C(C)(C)C)C4OP(F)Oc5c(cc(C(C)(C)C)cc5C(C)(C)C)/C(C)=C/34)CCC3=C(C(C)(C)C)C=C(C(C)(C)C)C4OP(F)Oc5c(cc(C(C)(C)C)cc5C(C)(C)C)/C(C)=C/34)=C(C(C)(C)C)C=C(C(C)(C)C)C2OP(F)Oc2c1cc(C(C)(C)C)cc2C(C)(C)C. The van der Waals surface area contributed by atoms with E-state index in [0.29, 0.717) is 56.1 Å². The maximum atomic E-state index is 17.7. The third-order valence-electron chi connectivity index (χ3n) is 23.3. The molecule has 0 radical (unpaired) electrons. The zero-order valence-corrected chi connectivity index (χ0v) is 77.7. The van der Waals surface area contributed by atoms with Crippen LogP contribution in [-0.2, 0) is 46.1 Å². The molecule has 3 aromatic rings. The van der Waals surface area contributed by atoms with Crippen molar-refractivity contribution in [1.82, 2.24) is 4.90 Å². The first kappa shape index (κ1) is 88.6. The molecular weight excluding hydrogens is 1410 g/mol. The lowest BCUT2D eigenvalue weighted by atomic mass is 9.67. The lowest BCUT2D eigenvalue weighted by molar-refractivity contribution is 0.218. The summed E-state index contributed by atoms with van der Waals surface area (Å²) in [5.41, 5.74) is 20.7. The summed E-state index contributed by atoms with van der Waals surface area (Å²) in [7, 11) is -8.80. The highest BCUT2D eigenvalue weighted by atomic mass is 31.2. The number of fused-ring (bicyclic) bond motifs is 6. The van der Waals surface area contributed by atoms with E-state index in [0.717, 1.165) is 117 Å². The summed E-state index contributed by atoms with van der Waals surface area (Å²) in [6, 6.07) is 13.5. The Morgan fingerprint density at radius 1 is 0.294 bits per heavy atom. The molecule has 0 saturated heterocycles. The standard InChI is InChI=1S/C96H141F3NO6P3/c1-55-64-46-58(85(4,5)6)49-70(91(22,23)24)79(64)101-107(97)104-82-73(94(31,32)33)52-67(88(13,14)15)61(76(55)82)40-43-100(44-41-62-68(89(16,17)18)53-74(95(34,35)36)83-77(62)56(2)65-47-59(86(7,8)9)50-71(92(25,26)27)80(65)102-108(98)105-83)45-42-63-69(90(19,20)21)54-75(96(37,38)39)84-78(63)57(3)66-48-60(87(10,11)12)51-72(93(28,29)30)81(66)103-109(99)106-84/h46-54,82-84H,40-45H2,1-39H3/b76-55-,77-56-,78-57-. The first-order chi connectivity index (χ1) is 49.1. The van der Waals surface area contributed by atoms with E-state index in [-0.39, 0.29) is 32.5 Å². The number of hydrogen-bond acceptors (Lipinski definition) is 7. The highest BCUT2D eigenvalue weighted by Gasteiger charge is 2.48. The van der Waals surface area contributed by atoms with Crippen LogP contribution in [0.3, 0.4) is 0 Å². The van der Waals surface area contributed by atoms with Crippen LogP contribution in [0.15, 0.2) is 122 Å². The highest BCUT2D eigenvalue weighted by Crippen LogP contribution is 2.63. The monoisotopic (exact) mass is 1550 g/mol. The summed E-state index contributed by atoms with van der Waals surface area (Å²) in [6.07, 6.45) is 6.56. The molecule has 6 unspecified atom stereocenters. The number of rotatable bonds is 9. The molecule has 6 aliphatic rings. The predicted molar refractivity (Wildman–Crippen MR) is 462 cm³/mol. The van der Waals surface area contributed by atoms with E-state index in [9.17, 15) is 0 Å². The molecule has 602 valence electrons. The minimum absolute atomic E-state index is 0.243. The van der Waals surface area contributed by atoms with Crippen molar-refractivity contribution in [1.29, 1.82) is 0 Å². The lowest BCUT2D eigenvalue weighted by Gasteiger charge is -2.43. The summed E-state index contributed by atoms with van der Waals surface area (Å²) in [5, 5.41) is 0. The van der Waals surface area contributed by atoms with Crippen LogP contribution in [0.25, 0.3) is 16.7 Å². The van der Waals surface area contributed by atoms with Gasteiger partial charge in [-0.3, -0.25) is 13.6 Å². The van der Waals surface area contributed by atoms with Gasteiger partial charge in [-0.2, -0.15) is 0 Å².